The first-order chi connectivity index (χ1) is 13.1. The average Bonchev–Trinajstić information content (AvgIpc) is 3.29. The SMILES string of the molecule is CCCCC1=CC(C(C)(C)C)=[C-]C1.CCCCC1=CC(C(C)(C)C)=[C-]C1.Cl.Cl.[CH3-].[CH3-].[SiH2]=[Ti]. The molecule has 0 nitrogen and oxygen atoms in total. The van der Waals surface area contributed by atoms with Gasteiger partial charge in [-0.15, -0.1) is 37.7 Å². The molecule has 0 bridgehead atoms. The molecule has 0 aromatic heterocycles. The van der Waals surface area contributed by atoms with Crippen molar-refractivity contribution in [2.45, 2.75) is 107 Å². The summed E-state index contributed by atoms with van der Waals surface area (Å²) >= 11 is 2.03. The first-order valence-corrected chi connectivity index (χ1v) is 15.1. The molecule has 0 amide bonds. The third-order valence-corrected chi connectivity index (χ3v) is 5.03. The monoisotopic (exact) mass is 534 g/mol. The van der Waals surface area contributed by atoms with Crippen LogP contribution in [0.15, 0.2) is 34.4 Å². The standard InChI is InChI=1S/2C13H21.2CH3.2ClH.H2Si.Ti/c2*1-5-6-7-11-8-9-12(10-11)13(2,3)4;;;;;;/h2*10H,5-8H2,1-4H3;2*1H3;2*1H;1H2;/q4*-1;;;;. The molecular weight excluding hydrogens is 483 g/mol. The molecule has 2 aliphatic rings. The summed E-state index contributed by atoms with van der Waals surface area (Å²) in [5.41, 5.74) is 6.53. The summed E-state index contributed by atoms with van der Waals surface area (Å²) in [5, 5.41) is 0. The molecule has 0 saturated carbocycles. The van der Waals surface area contributed by atoms with Crippen LogP contribution in [0.2, 0.25) is 0 Å². The van der Waals surface area contributed by atoms with E-state index < -0.39 is 0 Å². The Morgan fingerprint density at radius 3 is 1.19 bits per heavy atom. The number of unbranched alkanes of at least 4 members (excludes halogenated alkanes) is 2. The van der Waals surface area contributed by atoms with Crippen molar-refractivity contribution in [1.29, 1.82) is 0 Å². The van der Waals surface area contributed by atoms with Gasteiger partial charge in [0.05, 0.1) is 0 Å². The molecule has 0 atom stereocenters. The summed E-state index contributed by atoms with van der Waals surface area (Å²) in [5.74, 6) is 0. The second-order valence-electron chi connectivity index (χ2n) is 9.85. The predicted octanol–water partition coefficient (Wildman–Crippen LogP) is 9.39. The van der Waals surface area contributed by atoms with E-state index in [-0.39, 0.29) is 50.5 Å². The number of hydrogen-bond donors (Lipinski definition) is 0. The van der Waals surface area contributed by atoms with Gasteiger partial charge in [-0.25, -0.2) is 23.3 Å². The molecule has 0 radical (unpaired) electrons. The molecule has 0 N–H and O–H groups in total. The van der Waals surface area contributed by atoms with Crippen LogP contribution in [-0.4, -0.2) is 7.63 Å². The van der Waals surface area contributed by atoms with Gasteiger partial charge in [-0.1, -0.05) is 81.1 Å². The molecule has 0 heterocycles. The van der Waals surface area contributed by atoms with Crippen LogP contribution in [-0.2, 0) is 19.2 Å². The molecule has 0 fully saturated rings. The van der Waals surface area contributed by atoms with E-state index in [1.807, 2.05) is 26.8 Å². The van der Waals surface area contributed by atoms with Gasteiger partial charge in [0, 0.05) is 0 Å². The summed E-state index contributed by atoms with van der Waals surface area (Å²) in [6, 6.07) is 0. The fourth-order valence-electron chi connectivity index (χ4n) is 3.12. The first kappa shape index (κ1) is 42.6. The van der Waals surface area contributed by atoms with E-state index in [0.717, 1.165) is 12.8 Å². The third-order valence-electron chi connectivity index (χ3n) is 5.03. The molecule has 0 spiro atoms. The van der Waals surface area contributed by atoms with Gasteiger partial charge < -0.3 is 14.9 Å². The van der Waals surface area contributed by atoms with E-state index in [2.05, 4.69) is 79.7 Å². The Labute approximate surface area is 229 Å². The van der Waals surface area contributed by atoms with Crippen LogP contribution in [0.4, 0.5) is 0 Å². The molecule has 0 aromatic carbocycles. The zero-order valence-electron chi connectivity index (χ0n) is 22.8. The van der Waals surface area contributed by atoms with E-state index in [0.29, 0.717) is 0 Å². The summed E-state index contributed by atoms with van der Waals surface area (Å²) in [6.45, 7) is 18.0. The van der Waals surface area contributed by atoms with E-state index in [9.17, 15) is 0 Å². The molecule has 0 unspecified atom stereocenters. The second kappa shape index (κ2) is 22.0. The van der Waals surface area contributed by atoms with Crippen LogP contribution in [0, 0.1) is 37.8 Å². The third kappa shape index (κ3) is 17.9. The van der Waals surface area contributed by atoms with Crippen LogP contribution >= 0.6 is 24.8 Å². The van der Waals surface area contributed by atoms with Crippen LogP contribution in [0.3, 0.4) is 0 Å². The minimum absolute atomic E-state index is 0. The molecule has 2 rings (SSSR count). The first-order valence-electron chi connectivity index (χ1n) is 11.0. The van der Waals surface area contributed by atoms with Gasteiger partial charge in [0.15, 0.2) is 0 Å². The van der Waals surface area contributed by atoms with Crippen molar-refractivity contribution in [3.8, 4) is 0 Å². The van der Waals surface area contributed by atoms with Crippen molar-refractivity contribution in [2.75, 3.05) is 0 Å². The van der Waals surface area contributed by atoms with Crippen LogP contribution in [0.1, 0.15) is 107 Å². The van der Waals surface area contributed by atoms with E-state index in [1.54, 1.807) is 11.1 Å². The van der Waals surface area contributed by atoms with Gasteiger partial charge in [-0.3, -0.25) is 12.2 Å². The van der Waals surface area contributed by atoms with Crippen molar-refractivity contribution in [3.05, 3.63) is 61.4 Å². The van der Waals surface area contributed by atoms with Crippen LogP contribution < -0.4 is 0 Å². The Kier molecular flexibility index (Phi) is 29.3. The summed E-state index contributed by atoms with van der Waals surface area (Å²) in [7, 11) is 1.86. The van der Waals surface area contributed by atoms with Gasteiger partial charge in [-0.2, -0.15) is 11.1 Å². The topological polar surface area (TPSA) is 0 Å². The maximum absolute atomic E-state index is 3.48. The van der Waals surface area contributed by atoms with Crippen molar-refractivity contribution in [3.63, 3.8) is 0 Å². The molecule has 32 heavy (non-hydrogen) atoms. The molecule has 190 valence electrons. The average molecular weight is 536 g/mol. The van der Waals surface area contributed by atoms with Gasteiger partial charge >= 0.3 is 26.8 Å². The van der Waals surface area contributed by atoms with Crippen molar-refractivity contribution < 1.29 is 19.2 Å². The van der Waals surface area contributed by atoms with Crippen LogP contribution in [0.25, 0.3) is 0 Å². The van der Waals surface area contributed by atoms with E-state index in [4.69, 9.17) is 0 Å². The Balaban J connectivity index is -0.000000126. The van der Waals surface area contributed by atoms with Gasteiger partial charge in [0.1, 0.15) is 0 Å². The number of hydrogen-bond acceptors (Lipinski definition) is 0. The molecule has 2 aliphatic carbocycles. The minimum atomic E-state index is 0. The maximum atomic E-state index is 3.48. The number of allylic oxidation sites excluding steroid dienone is 8. The zero-order chi connectivity index (χ0) is 21.8. The Morgan fingerprint density at radius 1 is 0.719 bits per heavy atom. The molecule has 0 aromatic rings. The fraction of sp³-hybridized carbons (Fsp3) is 0.643. The van der Waals surface area contributed by atoms with Crippen molar-refractivity contribution >= 4 is 32.4 Å². The Morgan fingerprint density at radius 2 is 1.00 bits per heavy atom. The summed E-state index contributed by atoms with van der Waals surface area (Å²) < 4.78 is 0. The summed E-state index contributed by atoms with van der Waals surface area (Å²) in [6.07, 6.45) is 21.6. The molecular formula is C28H52Cl2SiTi-4. The number of halogens is 2. The van der Waals surface area contributed by atoms with Gasteiger partial charge in [-0.05, 0) is 23.7 Å². The van der Waals surface area contributed by atoms with E-state index in [1.165, 1.54) is 49.7 Å². The second-order valence-corrected chi connectivity index (χ2v) is 9.85. The van der Waals surface area contributed by atoms with Crippen LogP contribution in [0.5, 0.6) is 0 Å². The molecule has 0 aliphatic heterocycles. The normalized spacial score (nSPS) is 14.1. The van der Waals surface area contributed by atoms with Gasteiger partial charge in [0.25, 0.3) is 0 Å². The fourth-order valence-corrected chi connectivity index (χ4v) is 3.12. The predicted molar refractivity (Wildman–Crippen MR) is 153 cm³/mol. The zero-order valence-corrected chi connectivity index (χ0v) is 27.4. The van der Waals surface area contributed by atoms with E-state index >= 15 is 0 Å². The van der Waals surface area contributed by atoms with Crippen molar-refractivity contribution in [2.24, 2.45) is 10.8 Å². The van der Waals surface area contributed by atoms with Crippen molar-refractivity contribution in [1.82, 2.24) is 0 Å². The summed E-state index contributed by atoms with van der Waals surface area (Å²) in [4.78, 5) is 0. The Bertz CT molecular complexity index is 536. The number of rotatable bonds is 6. The molecule has 4 heteroatoms. The Hall–Kier alpha value is 0.471. The van der Waals surface area contributed by atoms with Gasteiger partial charge in [0.2, 0.25) is 0 Å². The quantitative estimate of drug-likeness (QED) is 0.235. The molecule has 0 saturated heterocycles.